The largest absolute Gasteiger partial charge is 0.465 e. The summed E-state index contributed by atoms with van der Waals surface area (Å²) < 4.78 is 6.04. The molecule has 2 atom stereocenters. The number of hydrogen-bond acceptors (Lipinski definition) is 6. The number of nitrogens with one attached hydrogen (secondary N) is 2. The second-order valence-electron chi connectivity index (χ2n) is 13.3. The normalized spacial score (nSPS) is 12.2. The highest BCUT2D eigenvalue weighted by molar-refractivity contribution is 5.97. The lowest BCUT2D eigenvalue weighted by molar-refractivity contribution is -0.123. The molecule has 0 saturated heterocycles. The Morgan fingerprint density at radius 3 is 1.38 bits per heavy atom. The number of carbonyl (C=O) groups is 4. The van der Waals surface area contributed by atoms with Gasteiger partial charge in [-0.25, -0.2) is 14.6 Å². The molecule has 5 aromatic rings. The van der Waals surface area contributed by atoms with Gasteiger partial charge in [-0.3, -0.25) is 19.4 Å². The summed E-state index contributed by atoms with van der Waals surface area (Å²) in [6.07, 6.45) is -0.777. The van der Waals surface area contributed by atoms with E-state index < -0.39 is 36.1 Å². The summed E-state index contributed by atoms with van der Waals surface area (Å²) in [7, 11) is 0. The van der Waals surface area contributed by atoms with Crippen LogP contribution in [-0.4, -0.2) is 61.1 Å². The van der Waals surface area contributed by atoms with Gasteiger partial charge in [-0.2, -0.15) is 0 Å². The zero-order valence-electron chi connectivity index (χ0n) is 30.0. The molecule has 0 saturated carbocycles. The van der Waals surface area contributed by atoms with E-state index in [9.17, 15) is 29.4 Å². The second-order valence-corrected chi connectivity index (χ2v) is 13.3. The summed E-state index contributed by atoms with van der Waals surface area (Å²) in [4.78, 5) is 57.9. The minimum atomic E-state index is -1.18. The number of aromatic nitrogens is 1. The van der Waals surface area contributed by atoms with Gasteiger partial charge in [0.2, 0.25) is 17.7 Å². The minimum absolute atomic E-state index is 0.0779. The first-order chi connectivity index (χ1) is 25.4. The van der Waals surface area contributed by atoms with Gasteiger partial charge in [0.15, 0.2) is 5.76 Å². The minimum Gasteiger partial charge on any atom is -0.465 e. The zero-order valence-corrected chi connectivity index (χ0v) is 30.0. The number of carboxylic acid groups (broad SMARTS) is 2. The van der Waals surface area contributed by atoms with E-state index in [0.717, 1.165) is 20.9 Å². The SMILES string of the molecule is CC(C)[C@@H](C(=O)Nc1ccc(-c2cnc(-c3ccc(NC(=O)[C@H](C(C)C)N(Cc4ccccc4)C(=O)O)cc3)o2)cc1)N(Cc1ccccc1)C(=O)O. The number of anilines is 2. The van der Waals surface area contributed by atoms with E-state index in [0.29, 0.717) is 34.2 Å². The Bertz CT molecular complexity index is 1850. The Balaban J connectivity index is 1.23. The van der Waals surface area contributed by atoms with Crippen molar-refractivity contribution in [2.45, 2.75) is 52.9 Å². The third kappa shape index (κ3) is 9.67. The molecule has 0 radical (unpaired) electrons. The van der Waals surface area contributed by atoms with E-state index in [2.05, 4.69) is 15.6 Å². The van der Waals surface area contributed by atoms with Crippen molar-refractivity contribution in [3.8, 4) is 22.8 Å². The predicted molar refractivity (Wildman–Crippen MR) is 202 cm³/mol. The van der Waals surface area contributed by atoms with Crippen molar-refractivity contribution in [2.24, 2.45) is 11.8 Å². The van der Waals surface area contributed by atoms with E-state index in [1.54, 1.807) is 54.7 Å². The second kappa shape index (κ2) is 17.2. The summed E-state index contributed by atoms with van der Waals surface area (Å²) in [5.41, 5.74) is 3.92. The van der Waals surface area contributed by atoms with Crippen LogP contribution in [0.5, 0.6) is 0 Å². The Morgan fingerprint density at radius 2 is 1.00 bits per heavy atom. The van der Waals surface area contributed by atoms with Crippen LogP contribution >= 0.6 is 0 Å². The highest BCUT2D eigenvalue weighted by Crippen LogP contribution is 2.29. The quantitative estimate of drug-likeness (QED) is 0.0891. The Kier molecular flexibility index (Phi) is 12.3. The number of oxazole rings is 1. The highest BCUT2D eigenvalue weighted by Gasteiger charge is 2.34. The number of carbonyl (C=O) groups excluding carboxylic acids is 2. The third-order valence-corrected chi connectivity index (χ3v) is 8.70. The molecule has 4 N–H and O–H groups in total. The smallest absolute Gasteiger partial charge is 0.408 e. The first-order valence-electron chi connectivity index (χ1n) is 17.3. The van der Waals surface area contributed by atoms with E-state index in [-0.39, 0.29) is 24.9 Å². The molecule has 0 aliphatic carbocycles. The maximum absolute atomic E-state index is 13.4. The summed E-state index contributed by atoms with van der Waals surface area (Å²) >= 11 is 0. The van der Waals surface area contributed by atoms with Crippen LogP contribution in [0.4, 0.5) is 21.0 Å². The fourth-order valence-corrected chi connectivity index (χ4v) is 6.13. The van der Waals surface area contributed by atoms with Gasteiger partial charge in [-0.05, 0) is 71.5 Å². The highest BCUT2D eigenvalue weighted by atomic mass is 16.4. The summed E-state index contributed by atoms with van der Waals surface area (Å²) in [6.45, 7) is 7.39. The Morgan fingerprint density at radius 1 is 0.604 bits per heavy atom. The number of nitrogens with zero attached hydrogens (tertiary/aromatic N) is 3. The molecule has 1 heterocycles. The predicted octanol–water partition coefficient (Wildman–Crippen LogP) is 8.30. The molecule has 0 aliphatic rings. The molecule has 12 heteroatoms. The van der Waals surface area contributed by atoms with Gasteiger partial charge < -0.3 is 25.3 Å². The summed E-state index contributed by atoms with van der Waals surface area (Å²) in [5, 5.41) is 25.7. The van der Waals surface area contributed by atoms with Crippen molar-refractivity contribution in [3.63, 3.8) is 0 Å². The number of hydrogen-bond donors (Lipinski definition) is 4. The van der Waals surface area contributed by atoms with Gasteiger partial charge in [-0.15, -0.1) is 0 Å². The van der Waals surface area contributed by atoms with E-state index in [1.165, 1.54) is 0 Å². The number of amides is 4. The first-order valence-corrected chi connectivity index (χ1v) is 17.3. The van der Waals surface area contributed by atoms with Gasteiger partial charge in [0.25, 0.3) is 0 Å². The lowest BCUT2D eigenvalue weighted by Crippen LogP contribution is -2.49. The third-order valence-electron chi connectivity index (χ3n) is 8.70. The van der Waals surface area contributed by atoms with E-state index >= 15 is 0 Å². The van der Waals surface area contributed by atoms with Crippen LogP contribution < -0.4 is 10.6 Å². The fourth-order valence-electron chi connectivity index (χ4n) is 6.13. The van der Waals surface area contributed by atoms with E-state index in [1.807, 2.05) is 88.4 Å². The van der Waals surface area contributed by atoms with Crippen molar-refractivity contribution in [3.05, 3.63) is 127 Å². The van der Waals surface area contributed by atoms with E-state index in [4.69, 9.17) is 4.42 Å². The molecule has 4 aromatic carbocycles. The maximum Gasteiger partial charge on any atom is 0.408 e. The lowest BCUT2D eigenvalue weighted by Gasteiger charge is -2.31. The molecular weight excluding hydrogens is 674 g/mol. The molecule has 0 aliphatic heterocycles. The van der Waals surface area contributed by atoms with Crippen LogP contribution in [0.2, 0.25) is 0 Å². The van der Waals surface area contributed by atoms with Crippen LogP contribution in [0, 0.1) is 11.8 Å². The molecule has 0 spiro atoms. The molecule has 1 aromatic heterocycles. The number of rotatable bonds is 14. The van der Waals surface area contributed by atoms with Gasteiger partial charge >= 0.3 is 12.2 Å². The summed E-state index contributed by atoms with van der Waals surface area (Å²) in [6, 6.07) is 30.3. The standard InChI is InChI=1S/C41H43N5O7/c1-26(2)35(45(40(49)50)24-28-11-7-5-8-12-28)37(47)43-32-19-15-30(16-20-32)34-23-42-39(53-34)31-17-21-33(22-18-31)44-38(48)36(27(3)4)46(41(51)52)25-29-13-9-6-10-14-29/h5-23,26-27,35-36H,24-25H2,1-4H3,(H,43,47)(H,44,48)(H,49,50)(H,51,52)/t35-,36-/m0/s1. The van der Waals surface area contributed by atoms with Crippen molar-refractivity contribution in [1.82, 2.24) is 14.8 Å². The lowest BCUT2D eigenvalue weighted by atomic mass is 10.0. The van der Waals surface area contributed by atoms with Crippen LogP contribution in [0.1, 0.15) is 38.8 Å². The summed E-state index contributed by atoms with van der Waals surface area (Å²) in [5.74, 6) is -0.594. The van der Waals surface area contributed by atoms with Gasteiger partial charge in [0.05, 0.1) is 6.20 Å². The Labute approximate surface area is 308 Å². The fraction of sp³-hybridized carbons (Fsp3) is 0.244. The van der Waals surface area contributed by atoms with Crippen molar-refractivity contribution >= 4 is 35.4 Å². The molecule has 0 unspecified atom stereocenters. The topological polar surface area (TPSA) is 165 Å². The van der Waals surface area contributed by atoms with Crippen LogP contribution in [0.3, 0.4) is 0 Å². The van der Waals surface area contributed by atoms with Crippen LogP contribution in [0.15, 0.2) is 120 Å². The van der Waals surface area contributed by atoms with Gasteiger partial charge in [-0.1, -0.05) is 88.4 Å². The first kappa shape index (κ1) is 37.8. The zero-order chi connectivity index (χ0) is 38.1. The monoisotopic (exact) mass is 717 g/mol. The van der Waals surface area contributed by atoms with Gasteiger partial charge in [0.1, 0.15) is 12.1 Å². The van der Waals surface area contributed by atoms with Crippen LogP contribution in [0.25, 0.3) is 22.8 Å². The molecular formula is C41H43N5O7. The van der Waals surface area contributed by atoms with Crippen molar-refractivity contribution < 1.29 is 33.8 Å². The average molecular weight is 718 g/mol. The van der Waals surface area contributed by atoms with Crippen molar-refractivity contribution in [1.29, 1.82) is 0 Å². The number of benzene rings is 4. The molecule has 0 fully saturated rings. The van der Waals surface area contributed by atoms with Gasteiger partial charge in [0, 0.05) is 35.6 Å². The molecule has 4 amide bonds. The van der Waals surface area contributed by atoms with Crippen molar-refractivity contribution in [2.75, 3.05) is 10.6 Å². The van der Waals surface area contributed by atoms with Crippen LogP contribution in [-0.2, 0) is 22.7 Å². The molecule has 0 bridgehead atoms. The molecule has 5 rings (SSSR count). The molecule has 53 heavy (non-hydrogen) atoms. The Hall–Kier alpha value is -6.43. The molecule has 274 valence electrons. The maximum atomic E-state index is 13.4. The molecule has 12 nitrogen and oxygen atoms in total. The average Bonchev–Trinajstić information content (AvgIpc) is 3.63.